The van der Waals surface area contributed by atoms with Crippen molar-refractivity contribution in [2.75, 3.05) is 26.7 Å². The number of hydrogen-bond donors (Lipinski definition) is 0. The molecule has 4 aliphatic rings. The fraction of sp³-hybridized carbons (Fsp3) is 0.895. The first-order chi connectivity index (χ1) is 29.8. The summed E-state index contributed by atoms with van der Waals surface area (Å²) in [7, 11) is -0.237. The van der Waals surface area contributed by atoms with Gasteiger partial charge in [-0.3, -0.25) is 4.90 Å². The second kappa shape index (κ2) is 27.7. The van der Waals surface area contributed by atoms with E-state index in [0.717, 1.165) is 75.0 Å². The van der Waals surface area contributed by atoms with Crippen LogP contribution in [-0.4, -0.2) is 52.6 Å². The van der Waals surface area contributed by atoms with E-state index in [2.05, 4.69) is 97.7 Å². The third kappa shape index (κ3) is 16.5. The largest absolute Gasteiger partial charge is 0.394 e. The molecule has 4 aliphatic carbocycles. The van der Waals surface area contributed by atoms with Gasteiger partial charge in [0.25, 0.3) is 0 Å². The summed E-state index contributed by atoms with van der Waals surface area (Å²) < 4.78 is 20.7. The zero-order valence-electron chi connectivity index (χ0n) is 42.9. The molecule has 0 spiro atoms. The van der Waals surface area contributed by atoms with Crippen LogP contribution in [-0.2, 0) is 13.6 Å². The van der Waals surface area contributed by atoms with Gasteiger partial charge in [0.2, 0.25) is 0 Å². The maximum absolute atomic E-state index is 7.12. The molecular weight excluding hydrogens is 775 g/mol. The van der Waals surface area contributed by atoms with E-state index in [1.807, 2.05) is 0 Å². The van der Waals surface area contributed by atoms with E-state index in [1.165, 1.54) is 148 Å². The second-order valence-corrected chi connectivity index (χ2v) is 26.1. The third-order valence-electron chi connectivity index (χ3n) is 17.3. The lowest BCUT2D eigenvalue weighted by atomic mass is 9.47. The predicted octanol–water partition coefficient (Wildman–Crippen LogP) is 16.5. The quantitative estimate of drug-likeness (QED) is 0.0221. The van der Waals surface area contributed by atoms with Crippen molar-refractivity contribution in [1.29, 1.82) is 0 Å². The molecule has 358 valence electrons. The molecule has 10 atom stereocenters. The van der Waals surface area contributed by atoms with E-state index in [0.29, 0.717) is 22.7 Å². The van der Waals surface area contributed by atoms with Gasteiger partial charge in [-0.05, 0) is 162 Å². The van der Waals surface area contributed by atoms with Crippen molar-refractivity contribution in [3.63, 3.8) is 0 Å². The van der Waals surface area contributed by atoms with E-state index >= 15 is 0 Å². The zero-order valence-corrected chi connectivity index (χ0v) is 43.9. The van der Waals surface area contributed by atoms with Crippen molar-refractivity contribution < 1.29 is 13.6 Å². The van der Waals surface area contributed by atoms with Crippen LogP contribution in [0.25, 0.3) is 0 Å². The van der Waals surface area contributed by atoms with Crippen molar-refractivity contribution in [2.45, 2.75) is 247 Å². The van der Waals surface area contributed by atoms with Crippen LogP contribution < -0.4 is 0 Å². The van der Waals surface area contributed by atoms with Gasteiger partial charge in [0.15, 0.2) is 0 Å². The number of fused-ring (bicyclic) bond motifs is 5. The summed E-state index contributed by atoms with van der Waals surface area (Å²) in [5, 5.41) is 0. The molecule has 0 N–H and O–H groups in total. The first kappa shape index (κ1) is 53.7. The van der Waals surface area contributed by atoms with Crippen molar-refractivity contribution in [2.24, 2.45) is 52.3 Å². The molecule has 3 saturated carbocycles. The monoisotopic (exact) mass is 878 g/mol. The average molecular weight is 879 g/mol. The zero-order chi connectivity index (χ0) is 45.0. The van der Waals surface area contributed by atoms with Gasteiger partial charge in [-0.15, -0.1) is 6.42 Å². The number of hydrogen-bond acceptors (Lipinski definition) is 4. The SMILES string of the molecule is C#CCN(C)CCCCCCO[Si](C)(C)OC(CCCCCCCCCCCCCCC)OC1CCC2(C)C(=CCC3C2CCC2(C)C(C(C)/C=C/C(CC)C(C)C)CCC32)C1. The molecule has 0 heterocycles. The molecule has 0 amide bonds. The number of nitrogens with zero attached hydrogens (tertiary/aromatic N) is 1. The van der Waals surface area contributed by atoms with Gasteiger partial charge in [0.1, 0.15) is 6.29 Å². The lowest BCUT2D eigenvalue weighted by Crippen LogP contribution is -2.51. The van der Waals surface area contributed by atoms with Gasteiger partial charge in [-0.25, -0.2) is 0 Å². The van der Waals surface area contributed by atoms with Gasteiger partial charge in [-0.2, -0.15) is 0 Å². The number of ether oxygens (including phenoxy) is 1. The first-order valence-electron chi connectivity index (χ1n) is 27.2. The second-order valence-electron chi connectivity index (χ2n) is 22.7. The van der Waals surface area contributed by atoms with Crippen LogP contribution in [0.4, 0.5) is 0 Å². The van der Waals surface area contributed by atoms with Crippen molar-refractivity contribution in [1.82, 2.24) is 4.90 Å². The Hall–Kier alpha value is -0.903. The van der Waals surface area contributed by atoms with Gasteiger partial charge in [0.05, 0.1) is 12.6 Å². The van der Waals surface area contributed by atoms with E-state index in [9.17, 15) is 0 Å². The molecule has 62 heavy (non-hydrogen) atoms. The molecule has 0 aliphatic heterocycles. The third-order valence-corrected chi connectivity index (χ3v) is 19.0. The molecule has 0 radical (unpaired) electrons. The summed E-state index contributed by atoms with van der Waals surface area (Å²) in [5.41, 5.74) is 2.54. The summed E-state index contributed by atoms with van der Waals surface area (Å²) in [5.74, 6) is 8.27. The van der Waals surface area contributed by atoms with Crippen LogP contribution in [0, 0.1) is 64.6 Å². The van der Waals surface area contributed by atoms with Gasteiger partial charge in [-0.1, -0.05) is 168 Å². The highest BCUT2D eigenvalue weighted by molar-refractivity contribution is 6.64. The Morgan fingerprint density at radius 2 is 1.45 bits per heavy atom. The fourth-order valence-corrected chi connectivity index (χ4v) is 14.9. The Morgan fingerprint density at radius 1 is 0.806 bits per heavy atom. The predicted molar refractivity (Wildman–Crippen MR) is 270 cm³/mol. The Kier molecular flexibility index (Phi) is 24.0. The summed E-state index contributed by atoms with van der Waals surface area (Å²) in [4.78, 5) is 2.23. The van der Waals surface area contributed by atoms with Crippen LogP contribution in [0.1, 0.15) is 222 Å². The number of unbranched alkanes of at least 4 members (excludes halogenated alkanes) is 15. The van der Waals surface area contributed by atoms with Crippen molar-refractivity contribution in [3.05, 3.63) is 23.8 Å². The summed E-state index contributed by atoms with van der Waals surface area (Å²) in [6, 6.07) is 0. The molecule has 10 unspecified atom stereocenters. The summed E-state index contributed by atoms with van der Waals surface area (Å²) in [6.07, 6.45) is 48.9. The molecule has 0 saturated heterocycles. The maximum atomic E-state index is 7.12. The molecule has 0 bridgehead atoms. The standard InChI is InChI=1S/C57H103NO3Si/c1-12-15-16-17-18-19-20-21-22-23-24-25-28-31-55(61-62(10,11)59-44-30-27-26-29-43-58(9)42-13-2)60-50-38-40-56(7)49(45-50)34-35-51-53-37-36-52(57(53,8)41-39-54(51)56)47(6)32-33-48(14-3)46(4)5/h2,32-34,46-48,50-55H,12,14-31,35-45H2,1,3-11H3/b33-32+. The Morgan fingerprint density at radius 3 is 2.10 bits per heavy atom. The van der Waals surface area contributed by atoms with Crippen LogP contribution in [0.15, 0.2) is 23.8 Å². The van der Waals surface area contributed by atoms with Crippen molar-refractivity contribution in [3.8, 4) is 12.3 Å². The van der Waals surface area contributed by atoms with E-state index < -0.39 is 8.56 Å². The number of allylic oxidation sites excluding steroid dienone is 3. The van der Waals surface area contributed by atoms with E-state index in [4.69, 9.17) is 20.0 Å². The van der Waals surface area contributed by atoms with Gasteiger partial charge < -0.3 is 13.6 Å². The minimum atomic E-state index is -2.35. The van der Waals surface area contributed by atoms with Crippen LogP contribution in [0.2, 0.25) is 13.1 Å². The Bertz CT molecular complexity index is 1340. The molecule has 0 aromatic heterocycles. The van der Waals surface area contributed by atoms with Gasteiger partial charge in [0, 0.05) is 6.61 Å². The minimum absolute atomic E-state index is 0.155. The molecular formula is C57H103NO3Si. The molecule has 3 fully saturated rings. The normalized spacial score (nSPS) is 29.0. The minimum Gasteiger partial charge on any atom is -0.394 e. The lowest BCUT2D eigenvalue weighted by molar-refractivity contribution is -0.150. The first-order valence-corrected chi connectivity index (χ1v) is 30.1. The van der Waals surface area contributed by atoms with Crippen molar-refractivity contribution >= 4 is 8.56 Å². The highest BCUT2D eigenvalue weighted by atomic mass is 28.4. The molecule has 4 rings (SSSR count). The highest BCUT2D eigenvalue weighted by Gasteiger charge is 2.59. The van der Waals surface area contributed by atoms with E-state index in [1.54, 1.807) is 5.57 Å². The van der Waals surface area contributed by atoms with Crippen LogP contribution in [0.5, 0.6) is 0 Å². The lowest BCUT2D eigenvalue weighted by Gasteiger charge is -2.58. The summed E-state index contributed by atoms with van der Waals surface area (Å²) in [6.45, 7) is 24.5. The number of rotatable bonds is 32. The molecule has 0 aromatic carbocycles. The maximum Gasteiger partial charge on any atom is 0.333 e. The Labute approximate surface area is 388 Å². The molecule has 0 aromatic rings. The summed E-state index contributed by atoms with van der Waals surface area (Å²) >= 11 is 0. The number of terminal acetylenes is 1. The molecule has 4 nitrogen and oxygen atoms in total. The van der Waals surface area contributed by atoms with E-state index in [-0.39, 0.29) is 12.4 Å². The van der Waals surface area contributed by atoms with Crippen LogP contribution in [0.3, 0.4) is 0 Å². The fourth-order valence-electron chi connectivity index (χ4n) is 13.4. The smallest absolute Gasteiger partial charge is 0.333 e. The average Bonchev–Trinajstić information content (AvgIpc) is 3.59. The Balaban J connectivity index is 1.30. The van der Waals surface area contributed by atoms with Crippen LogP contribution >= 0.6 is 0 Å². The highest BCUT2D eigenvalue weighted by Crippen LogP contribution is 2.67. The topological polar surface area (TPSA) is 30.9 Å². The van der Waals surface area contributed by atoms with Gasteiger partial charge >= 0.3 is 8.56 Å². The molecule has 5 heteroatoms.